The molecule has 0 spiro atoms. The fourth-order valence-corrected chi connectivity index (χ4v) is 4.20. The molecule has 1 aliphatic heterocycles. The molecule has 0 saturated carbocycles. The number of aliphatic imine (C=N–C) groups is 1. The van der Waals surface area contributed by atoms with Crippen LogP contribution in [-0.2, 0) is 0 Å². The van der Waals surface area contributed by atoms with Gasteiger partial charge in [-0.2, -0.15) is 0 Å². The summed E-state index contributed by atoms with van der Waals surface area (Å²) in [6, 6.07) is 10.3. The molecule has 0 radical (unpaired) electrons. The van der Waals surface area contributed by atoms with Crippen molar-refractivity contribution in [2.24, 2.45) is 4.99 Å². The molecule has 30 heavy (non-hydrogen) atoms. The fourth-order valence-electron chi connectivity index (χ4n) is 3.42. The molecule has 0 unspecified atom stereocenters. The summed E-state index contributed by atoms with van der Waals surface area (Å²) in [4.78, 5) is 6.82. The number of rotatable bonds is 9. The van der Waals surface area contributed by atoms with E-state index in [0.717, 1.165) is 62.1 Å². The number of nitrogens with one attached hydrogen (secondary N) is 2. The van der Waals surface area contributed by atoms with Gasteiger partial charge >= 0.3 is 0 Å². The van der Waals surface area contributed by atoms with Gasteiger partial charge in [0.25, 0.3) is 0 Å². The van der Waals surface area contributed by atoms with Gasteiger partial charge in [0.1, 0.15) is 17.2 Å². The molecule has 0 amide bonds. The summed E-state index contributed by atoms with van der Waals surface area (Å²) in [5, 5.41) is 10.4. The van der Waals surface area contributed by atoms with Crippen molar-refractivity contribution in [1.29, 1.82) is 0 Å². The molecular formula is C22H32N4O3S. The van der Waals surface area contributed by atoms with Gasteiger partial charge in [-0.1, -0.05) is 0 Å². The number of anilines is 1. The second kappa shape index (κ2) is 11.5. The largest absolute Gasteiger partial charge is 0.496 e. The maximum absolute atomic E-state index is 5.84. The lowest BCUT2D eigenvalue weighted by Gasteiger charge is -2.33. The second-order valence-corrected chi connectivity index (χ2v) is 8.03. The Labute approximate surface area is 183 Å². The minimum atomic E-state index is 0.452. The zero-order valence-electron chi connectivity index (χ0n) is 18.0. The molecule has 8 heteroatoms. The molecule has 164 valence electrons. The van der Waals surface area contributed by atoms with Crippen LogP contribution in [0.15, 0.2) is 40.7 Å². The average molecular weight is 433 g/mol. The zero-order valence-corrected chi connectivity index (χ0v) is 18.8. The van der Waals surface area contributed by atoms with Crippen LogP contribution in [0.3, 0.4) is 0 Å². The number of thiophene rings is 1. The van der Waals surface area contributed by atoms with Crippen LogP contribution in [0.1, 0.15) is 19.3 Å². The van der Waals surface area contributed by atoms with E-state index in [1.807, 2.05) is 36.6 Å². The van der Waals surface area contributed by atoms with Gasteiger partial charge in [-0.05, 0) is 36.8 Å². The molecule has 7 nitrogen and oxygen atoms in total. The van der Waals surface area contributed by atoms with Crippen molar-refractivity contribution >= 4 is 22.3 Å². The number of ether oxygens (including phenoxy) is 3. The van der Waals surface area contributed by atoms with Gasteiger partial charge in [-0.25, -0.2) is 0 Å². The predicted octanol–water partition coefficient (Wildman–Crippen LogP) is 3.37. The van der Waals surface area contributed by atoms with E-state index in [9.17, 15) is 0 Å². The summed E-state index contributed by atoms with van der Waals surface area (Å²) in [5.74, 6) is 3.04. The molecule has 2 aromatic rings. The number of hydrogen-bond donors (Lipinski definition) is 2. The molecule has 0 aliphatic carbocycles. The smallest absolute Gasteiger partial charge is 0.191 e. The van der Waals surface area contributed by atoms with E-state index in [0.29, 0.717) is 12.6 Å². The van der Waals surface area contributed by atoms with Crippen LogP contribution in [0.5, 0.6) is 17.2 Å². The minimum absolute atomic E-state index is 0.452. The third kappa shape index (κ3) is 6.45. The van der Waals surface area contributed by atoms with Crippen LogP contribution in [0.4, 0.5) is 5.00 Å². The van der Waals surface area contributed by atoms with Crippen LogP contribution in [0.25, 0.3) is 0 Å². The third-order valence-corrected chi connectivity index (χ3v) is 6.01. The summed E-state index contributed by atoms with van der Waals surface area (Å²) < 4.78 is 16.4. The maximum atomic E-state index is 5.84. The first-order valence-electron chi connectivity index (χ1n) is 10.3. The zero-order chi connectivity index (χ0) is 21.2. The highest BCUT2D eigenvalue weighted by Crippen LogP contribution is 2.27. The van der Waals surface area contributed by atoms with Crippen molar-refractivity contribution in [3.8, 4) is 17.2 Å². The molecule has 1 fully saturated rings. The van der Waals surface area contributed by atoms with Gasteiger partial charge < -0.3 is 29.7 Å². The van der Waals surface area contributed by atoms with Gasteiger partial charge in [0.15, 0.2) is 5.96 Å². The van der Waals surface area contributed by atoms with E-state index in [-0.39, 0.29) is 0 Å². The van der Waals surface area contributed by atoms with E-state index in [1.54, 1.807) is 14.2 Å². The van der Waals surface area contributed by atoms with Gasteiger partial charge in [0, 0.05) is 50.9 Å². The number of benzene rings is 1. The molecule has 1 aromatic heterocycles. The monoisotopic (exact) mass is 432 g/mol. The summed E-state index contributed by atoms with van der Waals surface area (Å²) in [7, 11) is 5.08. The second-order valence-electron chi connectivity index (χ2n) is 7.11. The van der Waals surface area contributed by atoms with Crippen LogP contribution in [-0.4, -0.2) is 59.5 Å². The van der Waals surface area contributed by atoms with E-state index in [4.69, 9.17) is 14.2 Å². The Balaban J connectivity index is 1.34. The standard InChI is InChI=1S/C22H32N4O3S/c1-23-22(25-17-7-10-26(11-8-17)21-6-4-13-30-21)24-9-5-12-29-20-15-18(27-2)14-19(16-20)28-3/h4,6,13-17H,5,7-12H2,1-3H3,(H2,23,24,25). The Bertz CT molecular complexity index is 767. The summed E-state index contributed by atoms with van der Waals surface area (Å²) in [5.41, 5.74) is 0. The first-order valence-corrected chi connectivity index (χ1v) is 11.2. The van der Waals surface area contributed by atoms with Crippen LogP contribution >= 0.6 is 11.3 Å². The van der Waals surface area contributed by atoms with Crippen molar-refractivity contribution in [2.75, 3.05) is 52.4 Å². The number of methoxy groups -OCH3 is 2. The Morgan fingerprint density at radius 1 is 1.13 bits per heavy atom. The third-order valence-electron chi connectivity index (χ3n) is 5.08. The summed E-state index contributed by atoms with van der Waals surface area (Å²) >= 11 is 1.81. The highest BCUT2D eigenvalue weighted by molar-refractivity contribution is 7.14. The first kappa shape index (κ1) is 22.1. The van der Waals surface area contributed by atoms with Gasteiger partial charge in [0.2, 0.25) is 0 Å². The quantitative estimate of drug-likeness (QED) is 0.360. The Kier molecular flexibility index (Phi) is 8.50. The van der Waals surface area contributed by atoms with E-state index >= 15 is 0 Å². The summed E-state index contributed by atoms with van der Waals surface area (Å²) in [6.45, 7) is 3.54. The fraction of sp³-hybridized carbons (Fsp3) is 0.500. The Morgan fingerprint density at radius 2 is 1.83 bits per heavy atom. The first-order chi connectivity index (χ1) is 14.7. The highest BCUT2D eigenvalue weighted by atomic mass is 32.1. The Morgan fingerprint density at radius 3 is 2.43 bits per heavy atom. The number of nitrogens with zero attached hydrogens (tertiary/aromatic N) is 2. The van der Waals surface area contributed by atoms with Crippen LogP contribution in [0, 0.1) is 0 Å². The topological polar surface area (TPSA) is 67.4 Å². The van der Waals surface area contributed by atoms with Gasteiger partial charge in [-0.3, -0.25) is 4.99 Å². The predicted molar refractivity (Wildman–Crippen MR) is 124 cm³/mol. The molecule has 3 rings (SSSR count). The molecule has 2 heterocycles. The lowest BCUT2D eigenvalue weighted by atomic mass is 10.1. The molecule has 1 aliphatic rings. The maximum Gasteiger partial charge on any atom is 0.191 e. The lowest BCUT2D eigenvalue weighted by Crippen LogP contribution is -2.48. The number of guanidine groups is 1. The van der Waals surface area contributed by atoms with Crippen LogP contribution in [0.2, 0.25) is 0 Å². The van der Waals surface area contributed by atoms with Gasteiger partial charge in [-0.15, -0.1) is 11.3 Å². The molecular weight excluding hydrogens is 400 g/mol. The molecule has 0 atom stereocenters. The number of piperidine rings is 1. The highest BCUT2D eigenvalue weighted by Gasteiger charge is 2.20. The van der Waals surface area contributed by atoms with E-state index in [1.165, 1.54) is 5.00 Å². The van der Waals surface area contributed by atoms with Crippen molar-refractivity contribution in [3.63, 3.8) is 0 Å². The van der Waals surface area contributed by atoms with Crippen LogP contribution < -0.4 is 29.7 Å². The lowest BCUT2D eigenvalue weighted by molar-refractivity contribution is 0.305. The van der Waals surface area contributed by atoms with Crippen molar-refractivity contribution in [3.05, 3.63) is 35.7 Å². The molecule has 1 saturated heterocycles. The molecule has 2 N–H and O–H groups in total. The molecule has 0 bridgehead atoms. The SMILES string of the molecule is CN=C(NCCCOc1cc(OC)cc(OC)c1)NC1CCN(c2cccs2)CC1. The van der Waals surface area contributed by atoms with Gasteiger partial charge in [0.05, 0.1) is 25.8 Å². The minimum Gasteiger partial charge on any atom is -0.496 e. The van der Waals surface area contributed by atoms with E-state index in [2.05, 4.69) is 38.0 Å². The summed E-state index contributed by atoms with van der Waals surface area (Å²) in [6.07, 6.45) is 3.08. The van der Waals surface area contributed by atoms with Crippen molar-refractivity contribution in [1.82, 2.24) is 10.6 Å². The molecule has 1 aromatic carbocycles. The van der Waals surface area contributed by atoms with E-state index < -0.39 is 0 Å². The Hall–Kier alpha value is -2.61. The van der Waals surface area contributed by atoms with Crippen molar-refractivity contribution in [2.45, 2.75) is 25.3 Å². The number of hydrogen-bond acceptors (Lipinski definition) is 6. The average Bonchev–Trinajstić information content (AvgIpc) is 3.33. The van der Waals surface area contributed by atoms with Crippen molar-refractivity contribution < 1.29 is 14.2 Å². The normalized spacial score (nSPS) is 15.0.